The second kappa shape index (κ2) is 8.44. The van der Waals surface area contributed by atoms with E-state index in [1.54, 1.807) is 0 Å². The number of fused-ring (bicyclic) bond motifs is 1. The molecule has 152 valence electrons. The van der Waals surface area contributed by atoms with E-state index in [0.29, 0.717) is 0 Å². The van der Waals surface area contributed by atoms with Gasteiger partial charge in [0.15, 0.2) is 12.4 Å². The summed E-state index contributed by atoms with van der Waals surface area (Å²) in [5.74, 6) is 0. The first-order valence-electron chi connectivity index (χ1n) is 10.7. The molecule has 0 unspecified atom stereocenters. The zero-order valence-electron chi connectivity index (χ0n) is 18.0. The van der Waals surface area contributed by atoms with Crippen molar-refractivity contribution in [1.82, 2.24) is 0 Å². The standard InChI is InChI=1S/C28H26N2S/c1-21-11-3-4-12-23(21)25-14-7-9-17-29(25)19-20-30-18-10-8-15-26(30)28-22(2)24-13-5-6-16-27(24)31-28/h3-18H,19-20H2,1-2H3/q+2. The van der Waals surface area contributed by atoms with Crippen LogP contribution in [0.25, 0.3) is 31.9 Å². The molecule has 3 heterocycles. The number of aryl methyl sites for hydroxylation is 4. The summed E-state index contributed by atoms with van der Waals surface area (Å²) in [7, 11) is 0. The predicted molar refractivity (Wildman–Crippen MR) is 129 cm³/mol. The highest BCUT2D eigenvalue weighted by Gasteiger charge is 2.21. The van der Waals surface area contributed by atoms with Crippen molar-refractivity contribution in [2.75, 3.05) is 0 Å². The van der Waals surface area contributed by atoms with Gasteiger partial charge in [-0.15, -0.1) is 11.3 Å². The summed E-state index contributed by atoms with van der Waals surface area (Å²) >= 11 is 1.89. The number of pyridine rings is 2. The first-order valence-corrected chi connectivity index (χ1v) is 11.6. The van der Waals surface area contributed by atoms with E-state index in [9.17, 15) is 0 Å². The van der Waals surface area contributed by atoms with Gasteiger partial charge in [-0.1, -0.05) is 36.4 Å². The van der Waals surface area contributed by atoms with Crippen molar-refractivity contribution in [2.24, 2.45) is 0 Å². The molecule has 2 nitrogen and oxygen atoms in total. The number of nitrogens with zero attached hydrogens (tertiary/aromatic N) is 2. The smallest absolute Gasteiger partial charge is 0.192 e. The zero-order chi connectivity index (χ0) is 21.2. The van der Waals surface area contributed by atoms with Crippen molar-refractivity contribution in [3.8, 4) is 21.8 Å². The molecule has 3 heteroatoms. The maximum absolute atomic E-state index is 2.39. The van der Waals surface area contributed by atoms with Crippen molar-refractivity contribution >= 4 is 21.4 Å². The second-order valence-electron chi connectivity index (χ2n) is 7.93. The normalized spacial score (nSPS) is 11.2. The lowest BCUT2D eigenvalue weighted by Gasteiger charge is -2.07. The molecule has 0 aliphatic heterocycles. The van der Waals surface area contributed by atoms with E-state index in [0.717, 1.165) is 13.1 Å². The molecule has 2 aromatic carbocycles. The highest BCUT2D eigenvalue weighted by atomic mass is 32.1. The van der Waals surface area contributed by atoms with Crippen LogP contribution in [0.5, 0.6) is 0 Å². The number of benzene rings is 2. The summed E-state index contributed by atoms with van der Waals surface area (Å²) < 4.78 is 6.10. The highest BCUT2D eigenvalue weighted by molar-refractivity contribution is 7.22. The molecule has 0 bridgehead atoms. The number of aromatic nitrogens is 2. The van der Waals surface area contributed by atoms with Gasteiger partial charge in [0.05, 0.1) is 0 Å². The summed E-state index contributed by atoms with van der Waals surface area (Å²) in [6.07, 6.45) is 4.39. The van der Waals surface area contributed by atoms with Gasteiger partial charge in [-0.05, 0) is 54.6 Å². The fourth-order valence-corrected chi connectivity index (χ4v) is 5.54. The van der Waals surface area contributed by atoms with Crippen LogP contribution < -0.4 is 9.13 Å². The Hall–Kier alpha value is -3.30. The van der Waals surface area contributed by atoms with Gasteiger partial charge in [0.25, 0.3) is 0 Å². The third kappa shape index (κ3) is 3.77. The summed E-state index contributed by atoms with van der Waals surface area (Å²) in [6.45, 7) is 6.25. The summed E-state index contributed by atoms with van der Waals surface area (Å²) in [5, 5.41) is 1.36. The minimum Gasteiger partial charge on any atom is -0.192 e. The van der Waals surface area contributed by atoms with Crippen molar-refractivity contribution in [2.45, 2.75) is 26.9 Å². The Morgan fingerprint density at radius 3 is 2.00 bits per heavy atom. The van der Waals surface area contributed by atoms with Gasteiger partial charge < -0.3 is 0 Å². The van der Waals surface area contributed by atoms with Crippen LogP contribution in [0.4, 0.5) is 0 Å². The molecule has 3 aromatic heterocycles. The Bertz CT molecular complexity index is 1370. The molecule has 0 saturated heterocycles. The minimum absolute atomic E-state index is 0.913. The molecular weight excluding hydrogens is 396 g/mol. The number of rotatable bonds is 5. The van der Waals surface area contributed by atoms with Crippen LogP contribution in [0.1, 0.15) is 11.1 Å². The monoisotopic (exact) mass is 422 g/mol. The van der Waals surface area contributed by atoms with Gasteiger partial charge in [0.2, 0.25) is 24.5 Å². The van der Waals surface area contributed by atoms with E-state index in [1.807, 2.05) is 11.3 Å². The third-order valence-corrected chi connectivity index (χ3v) is 7.26. The lowest BCUT2D eigenvalue weighted by atomic mass is 10.0. The minimum atomic E-state index is 0.913. The molecule has 0 aliphatic carbocycles. The lowest BCUT2D eigenvalue weighted by molar-refractivity contribution is -0.768. The topological polar surface area (TPSA) is 7.76 Å². The number of thiophene rings is 1. The predicted octanol–water partition coefficient (Wildman–Crippen LogP) is 6.13. The fourth-order valence-electron chi connectivity index (χ4n) is 4.29. The van der Waals surface area contributed by atoms with Crippen molar-refractivity contribution in [3.63, 3.8) is 0 Å². The molecule has 0 radical (unpaired) electrons. The molecule has 0 spiro atoms. The maximum Gasteiger partial charge on any atom is 0.223 e. The third-order valence-electron chi connectivity index (χ3n) is 5.96. The molecule has 0 atom stereocenters. The SMILES string of the molecule is Cc1ccccc1-c1cccc[n+]1CC[n+]1ccccc1-c1sc2ccccc2c1C. The molecule has 0 amide bonds. The summed E-state index contributed by atoms with van der Waals surface area (Å²) in [6, 6.07) is 30.3. The van der Waals surface area contributed by atoms with Crippen LogP contribution in [0.3, 0.4) is 0 Å². The Labute approximate surface area is 187 Å². The van der Waals surface area contributed by atoms with Crippen molar-refractivity contribution in [1.29, 1.82) is 0 Å². The molecule has 0 aliphatic rings. The van der Waals surface area contributed by atoms with Crippen LogP contribution in [0.2, 0.25) is 0 Å². The van der Waals surface area contributed by atoms with Gasteiger partial charge in [0, 0.05) is 34.5 Å². The van der Waals surface area contributed by atoms with E-state index in [4.69, 9.17) is 0 Å². The van der Waals surface area contributed by atoms with Gasteiger partial charge in [-0.2, -0.15) is 9.13 Å². The van der Waals surface area contributed by atoms with Gasteiger partial charge in [-0.25, -0.2) is 0 Å². The Morgan fingerprint density at radius 1 is 0.645 bits per heavy atom. The van der Waals surface area contributed by atoms with E-state index in [1.165, 1.54) is 43.0 Å². The first-order chi connectivity index (χ1) is 15.2. The van der Waals surface area contributed by atoms with E-state index < -0.39 is 0 Å². The fraction of sp³-hybridized carbons (Fsp3) is 0.143. The van der Waals surface area contributed by atoms with Crippen LogP contribution in [-0.2, 0) is 13.1 Å². The van der Waals surface area contributed by atoms with E-state index in [2.05, 4.69) is 120 Å². The van der Waals surface area contributed by atoms with Crippen LogP contribution >= 0.6 is 11.3 Å². The Kier molecular flexibility index (Phi) is 5.35. The van der Waals surface area contributed by atoms with Gasteiger partial charge >= 0.3 is 0 Å². The highest BCUT2D eigenvalue weighted by Crippen LogP contribution is 2.36. The van der Waals surface area contributed by atoms with E-state index in [-0.39, 0.29) is 0 Å². The molecular formula is C28H26N2S+2. The lowest BCUT2D eigenvalue weighted by Crippen LogP contribution is -2.46. The zero-order valence-corrected chi connectivity index (χ0v) is 18.8. The van der Waals surface area contributed by atoms with Gasteiger partial charge in [-0.3, -0.25) is 0 Å². The Balaban J connectivity index is 1.50. The van der Waals surface area contributed by atoms with Crippen molar-refractivity contribution < 1.29 is 9.13 Å². The molecule has 5 aromatic rings. The average Bonchev–Trinajstić information content (AvgIpc) is 3.15. The molecule has 31 heavy (non-hydrogen) atoms. The maximum atomic E-state index is 2.39. The number of hydrogen-bond donors (Lipinski definition) is 0. The number of hydrogen-bond acceptors (Lipinski definition) is 1. The van der Waals surface area contributed by atoms with Crippen LogP contribution in [0, 0.1) is 13.8 Å². The quantitative estimate of drug-likeness (QED) is 0.301. The first kappa shape index (κ1) is 19.7. The summed E-state index contributed by atoms with van der Waals surface area (Å²) in [4.78, 5) is 1.36. The molecule has 0 N–H and O–H groups in total. The van der Waals surface area contributed by atoms with E-state index >= 15 is 0 Å². The Morgan fingerprint density at radius 2 is 1.26 bits per heavy atom. The van der Waals surface area contributed by atoms with Crippen molar-refractivity contribution in [3.05, 3.63) is 108 Å². The molecule has 5 rings (SSSR count). The average molecular weight is 423 g/mol. The van der Waals surface area contributed by atoms with Crippen LogP contribution in [-0.4, -0.2) is 0 Å². The second-order valence-corrected chi connectivity index (χ2v) is 8.98. The molecule has 0 saturated carbocycles. The molecule has 0 fully saturated rings. The summed E-state index contributed by atoms with van der Waals surface area (Å²) in [5.41, 5.74) is 6.51. The van der Waals surface area contributed by atoms with Crippen LogP contribution in [0.15, 0.2) is 97.3 Å². The van der Waals surface area contributed by atoms with Gasteiger partial charge in [0.1, 0.15) is 4.88 Å². The largest absolute Gasteiger partial charge is 0.223 e.